The summed E-state index contributed by atoms with van der Waals surface area (Å²) in [5.74, 6) is 2.54. The van der Waals surface area contributed by atoms with Gasteiger partial charge in [-0.1, -0.05) is 42.5 Å². The third-order valence-corrected chi connectivity index (χ3v) is 5.48. The lowest BCUT2D eigenvalue weighted by atomic mass is 9.96. The van der Waals surface area contributed by atoms with Crippen LogP contribution in [0, 0.1) is 0 Å². The molecule has 0 spiro atoms. The van der Waals surface area contributed by atoms with Gasteiger partial charge >= 0.3 is 0 Å². The summed E-state index contributed by atoms with van der Waals surface area (Å²) in [6.45, 7) is 0. The summed E-state index contributed by atoms with van der Waals surface area (Å²) < 4.78 is 17.2. The number of hydrazone groups is 1. The number of ether oxygens (including phenoxy) is 3. The molecule has 2 aliphatic rings. The van der Waals surface area contributed by atoms with E-state index in [1.807, 2.05) is 48.5 Å². The Morgan fingerprint density at radius 3 is 2.48 bits per heavy atom. The fourth-order valence-corrected chi connectivity index (χ4v) is 4.03. The van der Waals surface area contributed by atoms with Crippen LogP contribution >= 0.6 is 0 Å². The summed E-state index contributed by atoms with van der Waals surface area (Å²) in [6, 6.07) is 24.4. The van der Waals surface area contributed by atoms with Gasteiger partial charge in [0.2, 0.25) is 6.23 Å². The molecule has 0 saturated heterocycles. The van der Waals surface area contributed by atoms with Gasteiger partial charge in [-0.3, -0.25) is 0 Å². The normalized spacial score (nSPS) is 19.7. The Hall–Kier alpha value is -3.47. The maximum atomic E-state index is 6.40. The highest BCUT2D eigenvalue weighted by molar-refractivity contribution is 6.02. The Balaban J connectivity index is 1.58. The third kappa shape index (κ3) is 3.09. The SMILES string of the molecule is COc1cccc(C2=NN3C(C2)c2ccccc2OC3c2cccc(OC)c2)c1. The van der Waals surface area contributed by atoms with Crippen LogP contribution in [0.2, 0.25) is 0 Å². The molecule has 2 atom stereocenters. The highest BCUT2D eigenvalue weighted by atomic mass is 16.5. The standard InChI is InChI=1S/C24H22N2O3/c1-27-18-9-5-7-16(13-18)21-15-22-20-11-3-4-12-23(20)29-24(26(22)25-21)17-8-6-10-19(14-17)28-2/h3-14,22,24H,15H2,1-2H3. The lowest BCUT2D eigenvalue weighted by molar-refractivity contribution is -0.0191. The van der Waals surface area contributed by atoms with Crippen molar-refractivity contribution in [3.63, 3.8) is 0 Å². The number of rotatable bonds is 4. The fourth-order valence-electron chi connectivity index (χ4n) is 4.03. The van der Waals surface area contributed by atoms with E-state index in [0.717, 1.165) is 46.1 Å². The second-order valence-electron chi connectivity index (χ2n) is 7.16. The summed E-state index contributed by atoms with van der Waals surface area (Å²) in [5, 5.41) is 7.07. The largest absolute Gasteiger partial charge is 0.497 e. The van der Waals surface area contributed by atoms with Gasteiger partial charge in [0.15, 0.2) is 0 Å². The van der Waals surface area contributed by atoms with Crippen LogP contribution in [0.4, 0.5) is 0 Å². The monoisotopic (exact) mass is 386 g/mol. The molecule has 2 aliphatic heterocycles. The zero-order valence-corrected chi connectivity index (χ0v) is 16.4. The van der Waals surface area contributed by atoms with Gasteiger partial charge in [-0.25, -0.2) is 5.01 Å². The maximum Gasteiger partial charge on any atom is 0.214 e. The molecule has 0 aliphatic carbocycles. The zero-order valence-electron chi connectivity index (χ0n) is 16.4. The topological polar surface area (TPSA) is 43.3 Å². The molecule has 5 heteroatoms. The van der Waals surface area contributed by atoms with Crippen LogP contribution in [-0.2, 0) is 0 Å². The first-order valence-electron chi connectivity index (χ1n) is 9.66. The van der Waals surface area contributed by atoms with Crippen LogP contribution in [-0.4, -0.2) is 24.9 Å². The van der Waals surface area contributed by atoms with Crippen LogP contribution in [0.15, 0.2) is 77.9 Å². The van der Waals surface area contributed by atoms with Crippen molar-refractivity contribution in [1.29, 1.82) is 0 Å². The number of methoxy groups -OCH3 is 2. The van der Waals surface area contributed by atoms with Crippen molar-refractivity contribution in [1.82, 2.24) is 5.01 Å². The number of para-hydroxylation sites is 1. The van der Waals surface area contributed by atoms with Crippen LogP contribution < -0.4 is 14.2 Å². The van der Waals surface area contributed by atoms with Crippen LogP contribution in [0.3, 0.4) is 0 Å². The number of hydrogen-bond acceptors (Lipinski definition) is 5. The Kier molecular flexibility index (Phi) is 4.35. The molecular formula is C24H22N2O3. The highest BCUT2D eigenvalue weighted by Gasteiger charge is 2.40. The van der Waals surface area contributed by atoms with Crippen LogP contribution in [0.5, 0.6) is 17.2 Å². The maximum absolute atomic E-state index is 6.40. The number of fused-ring (bicyclic) bond motifs is 3. The average Bonchev–Trinajstić information content (AvgIpc) is 3.24. The zero-order chi connectivity index (χ0) is 19.8. The average molecular weight is 386 g/mol. The van der Waals surface area contributed by atoms with E-state index in [1.165, 1.54) is 0 Å². The van der Waals surface area contributed by atoms with Gasteiger partial charge in [-0.2, -0.15) is 5.10 Å². The van der Waals surface area contributed by atoms with Gasteiger partial charge in [0.25, 0.3) is 0 Å². The van der Waals surface area contributed by atoms with Crippen molar-refractivity contribution in [2.45, 2.75) is 18.7 Å². The van der Waals surface area contributed by atoms with Crippen LogP contribution in [0.25, 0.3) is 0 Å². The second-order valence-corrected chi connectivity index (χ2v) is 7.16. The third-order valence-electron chi connectivity index (χ3n) is 5.48. The molecule has 3 aromatic rings. The summed E-state index contributed by atoms with van der Waals surface area (Å²) in [7, 11) is 3.36. The molecule has 0 aromatic heterocycles. The molecule has 5 rings (SSSR count). The number of hydrogen-bond donors (Lipinski definition) is 0. The van der Waals surface area contributed by atoms with Gasteiger partial charge in [0, 0.05) is 23.1 Å². The predicted molar refractivity (Wildman–Crippen MR) is 112 cm³/mol. The molecule has 3 aromatic carbocycles. The molecule has 0 fully saturated rings. The van der Waals surface area contributed by atoms with E-state index in [-0.39, 0.29) is 12.3 Å². The van der Waals surface area contributed by atoms with Crippen molar-refractivity contribution in [2.75, 3.05) is 14.2 Å². The van der Waals surface area contributed by atoms with E-state index in [9.17, 15) is 0 Å². The fraction of sp³-hybridized carbons (Fsp3) is 0.208. The molecule has 2 unspecified atom stereocenters. The molecule has 0 N–H and O–H groups in total. The van der Waals surface area contributed by atoms with Crippen molar-refractivity contribution >= 4 is 5.71 Å². The van der Waals surface area contributed by atoms with Gasteiger partial charge < -0.3 is 14.2 Å². The van der Waals surface area contributed by atoms with E-state index in [2.05, 4.69) is 29.3 Å². The predicted octanol–water partition coefficient (Wildman–Crippen LogP) is 4.95. The van der Waals surface area contributed by atoms with Crippen molar-refractivity contribution in [2.24, 2.45) is 5.10 Å². The minimum absolute atomic E-state index is 0.123. The quantitative estimate of drug-likeness (QED) is 0.637. The van der Waals surface area contributed by atoms with Gasteiger partial charge in [-0.15, -0.1) is 0 Å². The molecule has 146 valence electrons. The summed E-state index contributed by atoms with van der Waals surface area (Å²) in [6.07, 6.45) is 0.502. The molecule has 0 bridgehead atoms. The molecular weight excluding hydrogens is 364 g/mol. The van der Waals surface area contributed by atoms with Gasteiger partial charge in [0.05, 0.1) is 26.0 Å². The molecule has 0 saturated carbocycles. The lowest BCUT2D eigenvalue weighted by Gasteiger charge is -2.38. The minimum atomic E-state index is -0.312. The second kappa shape index (κ2) is 7.17. The molecule has 5 nitrogen and oxygen atoms in total. The minimum Gasteiger partial charge on any atom is -0.497 e. The smallest absolute Gasteiger partial charge is 0.214 e. The Morgan fingerprint density at radius 1 is 0.897 bits per heavy atom. The molecule has 29 heavy (non-hydrogen) atoms. The molecule has 0 amide bonds. The number of nitrogens with zero attached hydrogens (tertiary/aromatic N) is 2. The van der Waals surface area contributed by atoms with E-state index < -0.39 is 0 Å². The van der Waals surface area contributed by atoms with E-state index in [0.29, 0.717) is 0 Å². The molecule has 0 radical (unpaired) electrons. The van der Waals surface area contributed by atoms with Gasteiger partial charge in [-0.05, 0) is 30.3 Å². The Labute approximate surface area is 170 Å². The van der Waals surface area contributed by atoms with E-state index in [1.54, 1.807) is 14.2 Å². The first-order valence-corrected chi connectivity index (χ1v) is 9.66. The summed E-state index contributed by atoms with van der Waals surface area (Å²) >= 11 is 0. The van der Waals surface area contributed by atoms with Crippen molar-refractivity contribution < 1.29 is 14.2 Å². The lowest BCUT2D eigenvalue weighted by Crippen LogP contribution is -2.33. The van der Waals surface area contributed by atoms with Gasteiger partial charge in [0.1, 0.15) is 17.2 Å². The first-order chi connectivity index (χ1) is 14.3. The number of benzene rings is 3. The van der Waals surface area contributed by atoms with E-state index >= 15 is 0 Å². The van der Waals surface area contributed by atoms with Crippen molar-refractivity contribution in [3.8, 4) is 17.2 Å². The highest BCUT2D eigenvalue weighted by Crippen LogP contribution is 2.47. The Morgan fingerprint density at radius 2 is 1.66 bits per heavy atom. The van der Waals surface area contributed by atoms with Crippen LogP contribution in [0.1, 0.15) is 35.4 Å². The van der Waals surface area contributed by atoms with Crippen molar-refractivity contribution in [3.05, 3.63) is 89.5 Å². The molecule has 2 heterocycles. The first kappa shape index (κ1) is 17.6. The summed E-state index contributed by atoms with van der Waals surface area (Å²) in [4.78, 5) is 0. The van der Waals surface area contributed by atoms with E-state index in [4.69, 9.17) is 19.3 Å². The summed E-state index contributed by atoms with van der Waals surface area (Å²) in [5.41, 5.74) is 4.27. The Bertz CT molecular complexity index is 1080.